The lowest BCUT2D eigenvalue weighted by Gasteiger charge is -2.12. The zero-order valence-corrected chi connectivity index (χ0v) is 14.3. The summed E-state index contributed by atoms with van der Waals surface area (Å²) in [6.45, 7) is 1.74. The molecular weight excluding hydrogens is 334 g/mol. The number of ether oxygens (including phenoxy) is 1. The topological polar surface area (TPSA) is 129 Å². The molecule has 0 bridgehead atoms. The Hall–Kier alpha value is -3.62. The highest BCUT2D eigenvalue weighted by atomic mass is 16.5. The van der Waals surface area contributed by atoms with Gasteiger partial charge in [-0.25, -0.2) is 24.9 Å². The molecule has 0 saturated carbocycles. The lowest BCUT2D eigenvalue weighted by Crippen LogP contribution is -2.05. The summed E-state index contributed by atoms with van der Waals surface area (Å²) in [6.07, 6.45) is 4.08. The van der Waals surface area contributed by atoms with Gasteiger partial charge in [-0.05, 0) is 13.0 Å². The zero-order chi connectivity index (χ0) is 18.5. The van der Waals surface area contributed by atoms with E-state index in [4.69, 9.17) is 10.5 Å². The minimum atomic E-state index is 0.157. The van der Waals surface area contributed by atoms with Crippen LogP contribution < -0.4 is 15.8 Å². The summed E-state index contributed by atoms with van der Waals surface area (Å²) in [6, 6.07) is 5.14. The fourth-order valence-corrected chi connectivity index (χ4v) is 2.30. The van der Waals surface area contributed by atoms with Crippen LogP contribution in [-0.2, 0) is 11.2 Å². The molecule has 0 unspecified atom stereocenters. The molecule has 3 heterocycles. The van der Waals surface area contributed by atoms with Crippen molar-refractivity contribution in [1.29, 1.82) is 0 Å². The van der Waals surface area contributed by atoms with E-state index in [0.29, 0.717) is 46.1 Å². The Morgan fingerprint density at radius 1 is 1.19 bits per heavy atom. The first-order valence-corrected chi connectivity index (χ1v) is 7.77. The van der Waals surface area contributed by atoms with E-state index in [1.54, 1.807) is 38.4 Å². The number of pyridine rings is 1. The Labute approximate surface area is 149 Å². The first-order chi connectivity index (χ1) is 12.6. The standard InChI is InChI=1S/C17H17N7O2/c1-10-21-13(7-14(18)22-10)16-17(20-9-12(23-16)5-6-25)24-11-3-4-15(26-2)19-8-11/h3-4,6-9H,5H2,1-2H3,(H,20,24)(H2,18,21,22). The van der Waals surface area contributed by atoms with Crippen molar-refractivity contribution in [1.82, 2.24) is 24.9 Å². The fraction of sp³-hybridized carbons (Fsp3) is 0.176. The third kappa shape index (κ3) is 3.89. The van der Waals surface area contributed by atoms with Gasteiger partial charge in [-0.3, -0.25) is 0 Å². The number of nitrogen functional groups attached to an aromatic ring is 1. The molecule has 26 heavy (non-hydrogen) atoms. The number of nitrogens with two attached hydrogens (primary N) is 1. The van der Waals surface area contributed by atoms with Crippen molar-refractivity contribution >= 4 is 23.6 Å². The van der Waals surface area contributed by atoms with Gasteiger partial charge >= 0.3 is 0 Å². The van der Waals surface area contributed by atoms with E-state index < -0.39 is 0 Å². The van der Waals surface area contributed by atoms with Crippen LogP contribution in [0.3, 0.4) is 0 Å². The highest BCUT2D eigenvalue weighted by Gasteiger charge is 2.14. The molecule has 0 saturated heterocycles. The van der Waals surface area contributed by atoms with Gasteiger partial charge in [-0.2, -0.15) is 0 Å². The summed E-state index contributed by atoms with van der Waals surface area (Å²) in [5.74, 6) is 1.80. The molecule has 0 amide bonds. The Morgan fingerprint density at radius 3 is 2.69 bits per heavy atom. The maximum absolute atomic E-state index is 10.8. The number of carbonyl (C=O) groups is 1. The van der Waals surface area contributed by atoms with Gasteiger partial charge < -0.3 is 20.6 Å². The SMILES string of the molecule is COc1ccc(Nc2ncc(CC=O)nc2-c2cc(N)nc(C)n2)cn1. The number of carbonyl (C=O) groups excluding carboxylic acids is 1. The summed E-state index contributed by atoms with van der Waals surface area (Å²) in [5.41, 5.74) is 8.04. The molecule has 9 heteroatoms. The molecule has 3 aromatic heterocycles. The normalized spacial score (nSPS) is 10.4. The average molecular weight is 351 g/mol. The number of hydrogen-bond acceptors (Lipinski definition) is 9. The molecule has 0 aliphatic carbocycles. The Morgan fingerprint density at radius 2 is 2.04 bits per heavy atom. The molecule has 0 aliphatic rings. The predicted molar refractivity (Wildman–Crippen MR) is 96.0 cm³/mol. The first kappa shape index (κ1) is 17.2. The van der Waals surface area contributed by atoms with Crippen molar-refractivity contribution in [2.24, 2.45) is 0 Å². The molecule has 3 N–H and O–H groups in total. The van der Waals surface area contributed by atoms with Crippen LogP contribution in [0.15, 0.2) is 30.6 Å². The van der Waals surface area contributed by atoms with E-state index >= 15 is 0 Å². The second-order valence-electron chi connectivity index (χ2n) is 5.37. The molecule has 0 spiro atoms. The monoisotopic (exact) mass is 351 g/mol. The first-order valence-electron chi connectivity index (χ1n) is 7.77. The number of methoxy groups -OCH3 is 1. The van der Waals surface area contributed by atoms with E-state index in [9.17, 15) is 4.79 Å². The highest BCUT2D eigenvalue weighted by molar-refractivity contribution is 5.74. The molecule has 3 rings (SSSR count). The van der Waals surface area contributed by atoms with Crippen molar-refractivity contribution in [2.75, 3.05) is 18.2 Å². The van der Waals surface area contributed by atoms with Gasteiger partial charge in [0, 0.05) is 18.6 Å². The van der Waals surface area contributed by atoms with Gasteiger partial charge in [-0.15, -0.1) is 0 Å². The van der Waals surface area contributed by atoms with E-state index in [-0.39, 0.29) is 6.42 Å². The molecule has 9 nitrogen and oxygen atoms in total. The van der Waals surface area contributed by atoms with Crippen LogP contribution in [0.4, 0.5) is 17.3 Å². The Bertz CT molecular complexity index is 909. The van der Waals surface area contributed by atoms with Crippen LogP contribution in [-0.4, -0.2) is 38.3 Å². The van der Waals surface area contributed by atoms with E-state index in [2.05, 4.69) is 30.2 Å². The van der Waals surface area contributed by atoms with Gasteiger partial charge in [0.2, 0.25) is 5.88 Å². The fourth-order valence-electron chi connectivity index (χ4n) is 2.30. The smallest absolute Gasteiger partial charge is 0.213 e. The average Bonchev–Trinajstić information content (AvgIpc) is 2.63. The molecule has 0 radical (unpaired) electrons. The van der Waals surface area contributed by atoms with Gasteiger partial charge in [0.15, 0.2) is 5.82 Å². The second kappa shape index (κ2) is 7.51. The third-order valence-electron chi connectivity index (χ3n) is 3.42. The zero-order valence-electron chi connectivity index (χ0n) is 14.3. The largest absolute Gasteiger partial charge is 0.481 e. The van der Waals surface area contributed by atoms with Crippen LogP contribution >= 0.6 is 0 Å². The summed E-state index contributed by atoms with van der Waals surface area (Å²) in [4.78, 5) is 32.3. The van der Waals surface area contributed by atoms with E-state index in [1.165, 1.54) is 6.20 Å². The van der Waals surface area contributed by atoms with Crippen molar-refractivity contribution < 1.29 is 9.53 Å². The van der Waals surface area contributed by atoms with Crippen LogP contribution in [0.1, 0.15) is 11.5 Å². The van der Waals surface area contributed by atoms with Crippen molar-refractivity contribution in [3.05, 3.63) is 42.1 Å². The minimum Gasteiger partial charge on any atom is -0.481 e. The summed E-state index contributed by atoms with van der Waals surface area (Å²) < 4.78 is 5.05. The lowest BCUT2D eigenvalue weighted by atomic mass is 10.2. The van der Waals surface area contributed by atoms with Crippen LogP contribution in [0.2, 0.25) is 0 Å². The van der Waals surface area contributed by atoms with Gasteiger partial charge in [0.25, 0.3) is 0 Å². The van der Waals surface area contributed by atoms with Crippen molar-refractivity contribution in [3.63, 3.8) is 0 Å². The number of aldehydes is 1. The quantitative estimate of drug-likeness (QED) is 0.637. The number of anilines is 3. The third-order valence-corrected chi connectivity index (χ3v) is 3.42. The number of nitrogens with zero attached hydrogens (tertiary/aromatic N) is 5. The number of rotatable bonds is 6. The Kier molecular flexibility index (Phi) is 4.97. The molecule has 132 valence electrons. The maximum Gasteiger partial charge on any atom is 0.213 e. The Balaban J connectivity index is 2.04. The van der Waals surface area contributed by atoms with Gasteiger partial charge in [0.05, 0.1) is 36.6 Å². The van der Waals surface area contributed by atoms with Gasteiger partial charge in [-0.1, -0.05) is 0 Å². The molecule has 3 aromatic rings. The van der Waals surface area contributed by atoms with Gasteiger partial charge in [0.1, 0.15) is 23.6 Å². The maximum atomic E-state index is 10.8. The number of aryl methyl sites for hydroxylation is 1. The van der Waals surface area contributed by atoms with Crippen LogP contribution in [0.5, 0.6) is 5.88 Å². The van der Waals surface area contributed by atoms with E-state index in [0.717, 1.165) is 6.29 Å². The second-order valence-corrected chi connectivity index (χ2v) is 5.37. The summed E-state index contributed by atoms with van der Waals surface area (Å²) >= 11 is 0. The number of aromatic nitrogens is 5. The van der Waals surface area contributed by atoms with Crippen molar-refractivity contribution in [3.8, 4) is 17.3 Å². The van der Waals surface area contributed by atoms with Crippen LogP contribution in [0.25, 0.3) is 11.4 Å². The molecule has 0 aromatic carbocycles. The molecule has 0 aliphatic heterocycles. The molecule has 0 fully saturated rings. The molecule has 0 atom stereocenters. The molecular formula is C17H17N7O2. The highest BCUT2D eigenvalue weighted by Crippen LogP contribution is 2.27. The summed E-state index contributed by atoms with van der Waals surface area (Å²) in [5, 5.41) is 3.15. The minimum absolute atomic E-state index is 0.157. The predicted octanol–water partition coefficient (Wildman–Crippen LogP) is 1.71. The van der Waals surface area contributed by atoms with Crippen molar-refractivity contribution in [2.45, 2.75) is 13.3 Å². The van der Waals surface area contributed by atoms with Crippen LogP contribution in [0, 0.1) is 6.92 Å². The van der Waals surface area contributed by atoms with E-state index in [1.807, 2.05) is 0 Å². The lowest BCUT2D eigenvalue weighted by molar-refractivity contribution is -0.107. The number of hydrogen-bond donors (Lipinski definition) is 2. The number of nitrogens with one attached hydrogen (secondary N) is 1. The summed E-state index contributed by atoms with van der Waals surface area (Å²) in [7, 11) is 1.55.